The lowest BCUT2D eigenvalue weighted by Crippen LogP contribution is -2.34. The number of hydrogen-bond acceptors (Lipinski definition) is 2. The van der Waals surface area contributed by atoms with E-state index in [1.54, 1.807) is 0 Å². The highest BCUT2D eigenvalue weighted by atomic mass is 16.5. The molecule has 0 aromatic rings. The van der Waals surface area contributed by atoms with Gasteiger partial charge >= 0.3 is 0 Å². The van der Waals surface area contributed by atoms with Crippen LogP contribution >= 0.6 is 0 Å². The minimum atomic E-state index is 0.367. The molecule has 0 aromatic carbocycles. The standard InChI is InChI=1S/C13H29NO/c1-6-9-14-13(11(2)3)8-7-10-15-12(4)5/h11-14H,6-10H2,1-5H3. The topological polar surface area (TPSA) is 21.3 Å². The normalized spacial score (nSPS) is 13.8. The van der Waals surface area contributed by atoms with Crippen molar-refractivity contribution in [3.05, 3.63) is 0 Å². The van der Waals surface area contributed by atoms with E-state index >= 15 is 0 Å². The first-order chi connectivity index (χ1) is 7.07. The summed E-state index contributed by atoms with van der Waals surface area (Å²) in [5, 5.41) is 3.60. The molecular formula is C13H29NO. The molecular weight excluding hydrogens is 186 g/mol. The van der Waals surface area contributed by atoms with E-state index in [0.29, 0.717) is 12.1 Å². The van der Waals surface area contributed by atoms with Gasteiger partial charge in [-0.3, -0.25) is 0 Å². The Labute approximate surface area is 95.8 Å². The first-order valence-electron chi connectivity index (χ1n) is 6.42. The number of hydrogen-bond donors (Lipinski definition) is 1. The van der Waals surface area contributed by atoms with Crippen LogP contribution in [0.2, 0.25) is 0 Å². The maximum absolute atomic E-state index is 5.55. The maximum Gasteiger partial charge on any atom is 0.0518 e. The molecule has 0 fully saturated rings. The minimum Gasteiger partial charge on any atom is -0.379 e. The Balaban J connectivity index is 3.57. The molecule has 0 saturated heterocycles. The second-order valence-corrected chi connectivity index (χ2v) is 4.87. The van der Waals surface area contributed by atoms with Crippen LogP contribution in [0.3, 0.4) is 0 Å². The summed E-state index contributed by atoms with van der Waals surface area (Å²) >= 11 is 0. The molecule has 0 aliphatic heterocycles. The van der Waals surface area contributed by atoms with Gasteiger partial charge in [0.25, 0.3) is 0 Å². The minimum absolute atomic E-state index is 0.367. The number of nitrogens with one attached hydrogen (secondary N) is 1. The Bertz CT molecular complexity index is 134. The van der Waals surface area contributed by atoms with Gasteiger partial charge in [0, 0.05) is 12.6 Å². The summed E-state index contributed by atoms with van der Waals surface area (Å²) in [6.07, 6.45) is 3.97. The van der Waals surface area contributed by atoms with Crippen molar-refractivity contribution in [3.8, 4) is 0 Å². The predicted molar refractivity (Wildman–Crippen MR) is 67.2 cm³/mol. The van der Waals surface area contributed by atoms with Crippen molar-refractivity contribution in [2.75, 3.05) is 13.2 Å². The van der Waals surface area contributed by atoms with Gasteiger partial charge in [-0.2, -0.15) is 0 Å². The summed E-state index contributed by atoms with van der Waals surface area (Å²) < 4.78 is 5.55. The van der Waals surface area contributed by atoms with Gasteiger partial charge in [-0.1, -0.05) is 20.8 Å². The first kappa shape index (κ1) is 14.9. The third-order valence-corrected chi connectivity index (χ3v) is 2.57. The zero-order valence-corrected chi connectivity index (χ0v) is 11.2. The molecule has 0 amide bonds. The van der Waals surface area contributed by atoms with E-state index in [4.69, 9.17) is 4.74 Å². The summed E-state index contributed by atoms with van der Waals surface area (Å²) in [5.74, 6) is 0.718. The average molecular weight is 215 g/mol. The van der Waals surface area contributed by atoms with Gasteiger partial charge < -0.3 is 10.1 Å². The van der Waals surface area contributed by atoms with E-state index < -0.39 is 0 Å². The molecule has 15 heavy (non-hydrogen) atoms. The Hall–Kier alpha value is -0.0800. The zero-order valence-electron chi connectivity index (χ0n) is 11.2. The molecule has 0 bridgehead atoms. The van der Waals surface area contributed by atoms with Crippen LogP contribution in [0.4, 0.5) is 0 Å². The van der Waals surface area contributed by atoms with Crippen molar-refractivity contribution in [3.63, 3.8) is 0 Å². The van der Waals surface area contributed by atoms with Crippen LogP contribution in [0, 0.1) is 5.92 Å². The van der Waals surface area contributed by atoms with Gasteiger partial charge in [0.05, 0.1) is 6.10 Å². The van der Waals surface area contributed by atoms with E-state index in [2.05, 4.69) is 39.9 Å². The first-order valence-corrected chi connectivity index (χ1v) is 6.42. The van der Waals surface area contributed by atoms with Crippen molar-refractivity contribution in [2.24, 2.45) is 5.92 Å². The van der Waals surface area contributed by atoms with Gasteiger partial charge in [-0.05, 0) is 45.6 Å². The van der Waals surface area contributed by atoms with Gasteiger partial charge in [-0.25, -0.2) is 0 Å². The average Bonchev–Trinajstić information content (AvgIpc) is 2.15. The molecule has 0 saturated carbocycles. The Morgan fingerprint density at radius 2 is 1.80 bits per heavy atom. The largest absolute Gasteiger partial charge is 0.379 e. The molecule has 0 radical (unpaired) electrons. The van der Waals surface area contributed by atoms with Crippen LogP contribution in [-0.2, 0) is 4.74 Å². The fraction of sp³-hybridized carbons (Fsp3) is 1.00. The van der Waals surface area contributed by atoms with Gasteiger partial charge in [0.1, 0.15) is 0 Å². The lowest BCUT2D eigenvalue weighted by atomic mass is 9.99. The Morgan fingerprint density at radius 3 is 2.27 bits per heavy atom. The highest BCUT2D eigenvalue weighted by molar-refractivity contribution is 4.70. The fourth-order valence-corrected chi connectivity index (χ4v) is 1.62. The second kappa shape index (κ2) is 9.17. The molecule has 0 aliphatic carbocycles. The molecule has 2 nitrogen and oxygen atoms in total. The zero-order chi connectivity index (χ0) is 11.7. The molecule has 1 N–H and O–H groups in total. The molecule has 0 spiro atoms. The van der Waals surface area contributed by atoms with Crippen molar-refractivity contribution in [1.29, 1.82) is 0 Å². The SMILES string of the molecule is CCCNC(CCCOC(C)C)C(C)C. The van der Waals surface area contributed by atoms with Crippen LogP contribution in [0.1, 0.15) is 53.9 Å². The molecule has 0 heterocycles. The highest BCUT2D eigenvalue weighted by Gasteiger charge is 2.11. The molecule has 0 aromatic heterocycles. The summed E-state index contributed by atoms with van der Waals surface area (Å²) in [4.78, 5) is 0. The molecule has 1 atom stereocenters. The molecule has 2 heteroatoms. The maximum atomic E-state index is 5.55. The Kier molecular flexibility index (Phi) is 9.12. The Morgan fingerprint density at radius 1 is 1.13 bits per heavy atom. The van der Waals surface area contributed by atoms with E-state index in [-0.39, 0.29) is 0 Å². The van der Waals surface area contributed by atoms with E-state index in [1.165, 1.54) is 12.8 Å². The number of rotatable bonds is 9. The van der Waals surface area contributed by atoms with E-state index in [0.717, 1.165) is 25.5 Å². The van der Waals surface area contributed by atoms with E-state index in [1.807, 2.05) is 0 Å². The molecule has 0 rings (SSSR count). The quantitative estimate of drug-likeness (QED) is 0.596. The molecule has 92 valence electrons. The van der Waals surface area contributed by atoms with Crippen LogP contribution in [-0.4, -0.2) is 25.3 Å². The predicted octanol–water partition coefficient (Wildman–Crippen LogP) is 3.22. The third kappa shape index (κ3) is 8.88. The highest BCUT2D eigenvalue weighted by Crippen LogP contribution is 2.09. The second-order valence-electron chi connectivity index (χ2n) is 4.87. The van der Waals surface area contributed by atoms with Crippen molar-refractivity contribution < 1.29 is 4.74 Å². The van der Waals surface area contributed by atoms with Gasteiger partial charge in [-0.15, -0.1) is 0 Å². The summed E-state index contributed by atoms with van der Waals surface area (Å²) in [6.45, 7) is 13.0. The van der Waals surface area contributed by atoms with E-state index in [9.17, 15) is 0 Å². The smallest absolute Gasteiger partial charge is 0.0518 e. The fourth-order valence-electron chi connectivity index (χ4n) is 1.62. The summed E-state index contributed by atoms with van der Waals surface area (Å²) in [5.41, 5.74) is 0. The van der Waals surface area contributed by atoms with Gasteiger partial charge in [0.2, 0.25) is 0 Å². The van der Waals surface area contributed by atoms with Crippen LogP contribution in [0.25, 0.3) is 0 Å². The van der Waals surface area contributed by atoms with Crippen LogP contribution in [0.15, 0.2) is 0 Å². The van der Waals surface area contributed by atoms with Crippen molar-refractivity contribution in [1.82, 2.24) is 5.32 Å². The molecule has 1 unspecified atom stereocenters. The van der Waals surface area contributed by atoms with Crippen molar-refractivity contribution in [2.45, 2.75) is 66.0 Å². The summed E-state index contributed by atoms with van der Waals surface area (Å²) in [6, 6.07) is 0.653. The van der Waals surface area contributed by atoms with Crippen LogP contribution in [0.5, 0.6) is 0 Å². The summed E-state index contributed by atoms with van der Waals surface area (Å²) in [7, 11) is 0. The third-order valence-electron chi connectivity index (χ3n) is 2.57. The lowest BCUT2D eigenvalue weighted by molar-refractivity contribution is 0.0735. The van der Waals surface area contributed by atoms with Crippen molar-refractivity contribution >= 4 is 0 Å². The lowest BCUT2D eigenvalue weighted by Gasteiger charge is -2.22. The molecule has 0 aliphatic rings. The van der Waals surface area contributed by atoms with Crippen LogP contribution < -0.4 is 5.32 Å². The van der Waals surface area contributed by atoms with Gasteiger partial charge in [0.15, 0.2) is 0 Å². The monoisotopic (exact) mass is 215 g/mol. The number of ether oxygens (including phenoxy) is 1.